The number of nitrogens with one attached hydrogen (secondary N) is 1. The van der Waals surface area contributed by atoms with Crippen LogP contribution in [0.3, 0.4) is 0 Å². The molecule has 0 bridgehead atoms. The minimum absolute atomic E-state index is 0.0139. The Labute approximate surface area is 150 Å². The highest BCUT2D eigenvalue weighted by Crippen LogP contribution is 2.23. The van der Waals surface area contributed by atoms with E-state index in [0.717, 1.165) is 10.8 Å². The molecule has 0 heterocycles. The van der Waals surface area contributed by atoms with Crippen molar-refractivity contribution < 1.29 is 9.53 Å². The van der Waals surface area contributed by atoms with E-state index in [1.54, 1.807) is 49.4 Å². The normalized spacial score (nSPS) is 11.3. The first-order valence-corrected chi connectivity index (χ1v) is 7.93. The monoisotopic (exact) mass is 346 g/mol. The lowest BCUT2D eigenvalue weighted by Crippen LogP contribution is -2.10. The molecule has 0 aliphatic heterocycles. The Balaban J connectivity index is 1.79. The number of amidine groups is 2. The molecule has 0 aliphatic rings. The Morgan fingerprint density at radius 3 is 2.19 bits per heavy atom. The highest BCUT2D eigenvalue weighted by molar-refractivity contribution is 5.99. The lowest BCUT2D eigenvalue weighted by atomic mass is 10.1. The summed E-state index contributed by atoms with van der Waals surface area (Å²) in [5, 5.41) is 9.29. The van der Waals surface area contributed by atoms with Gasteiger partial charge in [0.1, 0.15) is 11.6 Å². The van der Waals surface area contributed by atoms with E-state index in [0.29, 0.717) is 28.4 Å². The molecule has 3 rings (SSSR count). The minimum Gasteiger partial charge on any atom is -0.423 e. The number of nitrogens with zero attached hydrogens (tertiary/aromatic N) is 1. The van der Waals surface area contributed by atoms with Gasteiger partial charge in [-0.1, -0.05) is 18.2 Å². The largest absolute Gasteiger partial charge is 0.423 e. The van der Waals surface area contributed by atoms with E-state index in [4.69, 9.17) is 21.6 Å². The smallest absolute Gasteiger partial charge is 0.343 e. The molecule has 0 unspecified atom stereocenters. The summed E-state index contributed by atoms with van der Waals surface area (Å²) in [5.74, 6) is 0.451. The molecule has 0 fully saturated rings. The fraction of sp³-hybridized carbons (Fsp3) is 0.0500. The molecular formula is C20H18N4O2. The molecule has 0 aromatic heterocycles. The van der Waals surface area contributed by atoms with Gasteiger partial charge in [-0.25, -0.2) is 9.79 Å². The fourth-order valence-electron chi connectivity index (χ4n) is 2.50. The first-order chi connectivity index (χ1) is 12.4. The second-order valence-electron chi connectivity index (χ2n) is 5.83. The molecule has 0 amide bonds. The molecular weight excluding hydrogens is 328 g/mol. The zero-order chi connectivity index (χ0) is 18.7. The van der Waals surface area contributed by atoms with Crippen LogP contribution < -0.4 is 16.2 Å². The standard InChI is InChI=1S/C20H18N4O2/c1-12(21)24-17-7-4-13(5-8-17)20(25)26-18-9-6-14-10-16(19(22)23)3-2-15(14)11-18/h2-11H,1H3,(H2,21,24)(H3,22,23). The van der Waals surface area contributed by atoms with Gasteiger partial charge in [0, 0.05) is 5.56 Å². The van der Waals surface area contributed by atoms with E-state index in [2.05, 4.69) is 4.99 Å². The Hall–Kier alpha value is -3.67. The number of carbonyl (C=O) groups is 1. The van der Waals surface area contributed by atoms with Crippen molar-refractivity contribution in [3.05, 3.63) is 71.8 Å². The highest BCUT2D eigenvalue weighted by atomic mass is 16.5. The molecule has 0 saturated heterocycles. The number of hydrogen-bond donors (Lipinski definition) is 3. The average molecular weight is 346 g/mol. The molecule has 0 spiro atoms. The van der Waals surface area contributed by atoms with Crippen LogP contribution in [0.5, 0.6) is 5.75 Å². The summed E-state index contributed by atoms with van der Waals surface area (Å²) in [7, 11) is 0. The molecule has 0 atom stereocenters. The van der Waals surface area contributed by atoms with Crippen LogP contribution in [0.1, 0.15) is 22.8 Å². The molecule has 0 aliphatic carbocycles. The van der Waals surface area contributed by atoms with Crippen LogP contribution in [-0.4, -0.2) is 17.6 Å². The second-order valence-corrected chi connectivity index (χ2v) is 5.83. The summed E-state index contributed by atoms with van der Waals surface area (Å²) in [4.78, 5) is 16.4. The van der Waals surface area contributed by atoms with Gasteiger partial charge in [-0.3, -0.25) is 5.41 Å². The van der Waals surface area contributed by atoms with Crippen LogP contribution in [0.25, 0.3) is 10.8 Å². The van der Waals surface area contributed by atoms with E-state index in [-0.39, 0.29) is 5.84 Å². The zero-order valence-corrected chi connectivity index (χ0v) is 14.2. The predicted octanol–water partition coefficient (Wildman–Crippen LogP) is 3.35. The maximum atomic E-state index is 12.3. The number of esters is 1. The maximum Gasteiger partial charge on any atom is 0.343 e. The number of nitrogens with two attached hydrogens (primary N) is 2. The van der Waals surface area contributed by atoms with Crippen molar-refractivity contribution in [1.29, 1.82) is 5.41 Å². The Morgan fingerprint density at radius 2 is 1.54 bits per heavy atom. The van der Waals surface area contributed by atoms with E-state index in [1.807, 2.05) is 18.2 Å². The maximum absolute atomic E-state index is 12.3. The zero-order valence-electron chi connectivity index (χ0n) is 14.2. The molecule has 26 heavy (non-hydrogen) atoms. The van der Waals surface area contributed by atoms with Crippen LogP contribution in [0, 0.1) is 5.41 Å². The summed E-state index contributed by atoms with van der Waals surface area (Å²) < 4.78 is 5.44. The van der Waals surface area contributed by atoms with Gasteiger partial charge in [-0.15, -0.1) is 0 Å². The predicted molar refractivity (Wildman–Crippen MR) is 103 cm³/mol. The minimum atomic E-state index is -0.454. The molecule has 130 valence electrons. The van der Waals surface area contributed by atoms with Gasteiger partial charge in [0.25, 0.3) is 0 Å². The van der Waals surface area contributed by atoms with Crippen molar-refractivity contribution in [2.24, 2.45) is 16.5 Å². The Morgan fingerprint density at radius 1 is 0.923 bits per heavy atom. The van der Waals surface area contributed by atoms with E-state index >= 15 is 0 Å². The van der Waals surface area contributed by atoms with Crippen molar-refractivity contribution in [2.75, 3.05) is 0 Å². The van der Waals surface area contributed by atoms with Crippen molar-refractivity contribution in [3.63, 3.8) is 0 Å². The molecule has 0 saturated carbocycles. The SMILES string of the molecule is CC(N)=Nc1ccc(C(=O)Oc2ccc3cc(C(=N)N)ccc3c2)cc1. The topological polar surface area (TPSA) is 115 Å². The molecule has 0 radical (unpaired) electrons. The molecule has 6 heteroatoms. The third-order valence-corrected chi connectivity index (χ3v) is 3.74. The van der Waals surface area contributed by atoms with Crippen LogP contribution in [0.15, 0.2) is 65.7 Å². The van der Waals surface area contributed by atoms with Gasteiger partial charge in [0.05, 0.1) is 17.1 Å². The van der Waals surface area contributed by atoms with Crippen LogP contribution in [0.2, 0.25) is 0 Å². The fourth-order valence-corrected chi connectivity index (χ4v) is 2.50. The number of ether oxygens (including phenoxy) is 1. The number of aliphatic imine (C=N–C) groups is 1. The van der Waals surface area contributed by atoms with Crippen LogP contribution in [-0.2, 0) is 0 Å². The van der Waals surface area contributed by atoms with Crippen LogP contribution >= 0.6 is 0 Å². The van der Waals surface area contributed by atoms with Gasteiger partial charge in [-0.05, 0) is 60.2 Å². The van der Waals surface area contributed by atoms with Crippen molar-refractivity contribution in [1.82, 2.24) is 0 Å². The van der Waals surface area contributed by atoms with Gasteiger partial charge in [0.2, 0.25) is 0 Å². The lowest BCUT2D eigenvalue weighted by Gasteiger charge is -2.07. The third kappa shape index (κ3) is 3.87. The molecule has 3 aromatic carbocycles. The summed E-state index contributed by atoms with van der Waals surface area (Å²) in [6.07, 6.45) is 0. The summed E-state index contributed by atoms with van der Waals surface area (Å²) in [5.41, 5.74) is 12.8. The van der Waals surface area contributed by atoms with E-state index < -0.39 is 5.97 Å². The summed E-state index contributed by atoms with van der Waals surface area (Å²) in [6, 6.07) is 17.4. The molecule has 3 aromatic rings. The van der Waals surface area contributed by atoms with Crippen LogP contribution in [0.4, 0.5) is 5.69 Å². The van der Waals surface area contributed by atoms with E-state index in [9.17, 15) is 4.79 Å². The molecule has 6 nitrogen and oxygen atoms in total. The van der Waals surface area contributed by atoms with Crippen molar-refractivity contribution in [2.45, 2.75) is 6.92 Å². The number of carbonyl (C=O) groups excluding carboxylic acids is 1. The number of rotatable bonds is 4. The van der Waals surface area contributed by atoms with Gasteiger partial charge >= 0.3 is 5.97 Å². The summed E-state index contributed by atoms with van der Waals surface area (Å²) >= 11 is 0. The number of hydrogen-bond acceptors (Lipinski definition) is 4. The van der Waals surface area contributed by atoms with Gasteiger partial charge in [0.15, 0.2) is 0 Å². The number of nitrogen functional groups attached to an aromatic ring is 1. The van der Waals surface area contributed by atoms with E-state index in [1.165, 1.54) is 0 Å². The van der Waals surface area contributed by atoms with Crippen molar-refractivity contribution >= 4 is 34.1 Å². The average Bonchev–Trinajstić information content (AvgIpc) is 2.61. The van der Waals surface area contributed by atoms with Gasteiger partial charge in [-0.2, -0.15) is 0 Å². The lowest BCUT2D eigenvalue weighted by molar-refractivity contribution is 0.0735. The number of fused-ring (bicyclic) bond motifs is 1. The quantitative estimate of drug-likeness (QED) is 0.291. The Kier molecular flexibility index (Phi) is 4.66. The van der Waals surface area contributed by atoms with Crippen molar-refractivity contribution in [3.8, 4) is 5.75 Å². The Bertz CT molecular complexity index is 1020. The van der Waals surface area contributed by atoms with Gasteiger partial charge < -0.3 is 16.2 Å². The second kappa shape index (κ2) is 7.06. The third-order valence-electron chi connectivity index (χ3n) is 3.74. The molecule has 5 N–H and O–H groups in total. The highest BCUT2D eigenvalue weighted by Gasteiger charge is 2.09. The number of benzene rings is 3. The summed E-state index contributed by atoms with van der Waals surface area (Å²) in [6.45, 7) is 1.70. The first kappa shape index (κ1) is 17.2. The first-order valence-electron chi connectivity index (χ1n) is 7.93.